The van der Waals surface area contributed by atoms with Gasteiger partial charge in [0, 0.05) is 36.6 Å². The molecule has 126 valence electrons. The van der Waals surface area contributed by atoms with Gasteiger partial charge in [-0.2, -0.15) is 0 Å². The minimum atomic E-state index is 0. The third kappa shape index (κ3) is 6.02. The molecule has 1 aromatic rings. The van der Waals surface area contributed by atoms with Crippen molar-refractivity contribution in [3.05, 3.63) is 22.4 Å². The van der Waals surface area contributed by atoms with Crippen LogP contribution in [0.5, 0.6) is 0 Å². The second kappa shape index (κ2) is 10.4. The average Bonchev–Trinajstić information content (AvgIpc) is 3.14. The van der Waals surface area contributed by atoms with Crippen molar-refractivity contribution in [2.45, 2.75) is 26.3 Å². The van der Waals surface area contributed by atoms with E-state index < -0.39 is 0 Å². The van der Waals surface area contributed by atoms with E-state index in [1.54, 1.807) is 11.3 Å². The van der Waals surface area contributed by atoms with Gasteiger partial charge in [-0.25, -0.2) is 4.99 Å². The van der Waals surface area contributed by atoms with Crippen LogP contribution in [0.4, 0.5) is 0 Å². The molecule has 3 N–H and O–H groups in total. The van der Waals surface area contributed by atoms with Crippen LogP contribution in [-0.4, -0.2) is 44.0 Å². The summed E-state index contributed by atoms with van der Waals surface area (Å²) in [6, 6.07) is 4.14. The number of thiophene rings is 1. The molecular weight excluding hydrogens is 413 g/mol. The molecule has 0 spiro atoms. The van der Waals surface area contributed by atoms with Gasteiger partial charge in [0.1, 0.15) is 0 Å². The van der Waals surface area contributed by atoms with Gasteiger partial charge in [0.15, 0.2) is 5.96 Å². The average molecular weight is 439 g/mol. The van der Waals surface area contributed by atoms with E-state index in [1.165, 1.54) is 4.88 Å². The zero-order chi connectivity index (χ0) is 15.0. The van der Waals surface area contributed by atoms with Crippen LogP contribution in [0.1, 0.15) is 24.6 Å². The van der Waals surface area contributed by atoms with Crippen LogP contribution in [0, 0.1) is 5.41 Å². The summed E-state index contributed by atoms with van der Waals surface area (Å²) in [5.41, 5.74) is 0.0356. The zero-order valence-electron chi connectivity index (χ0n) is 13.0. The summed E-state index contributed by atoms with van der Waals surface area (Å²) in [7, 11) is 0. The Hall–Kier alpha value is -0.380. The number of hydrogen-bond acceptors (Lipinski definition) is 4. The third-order valence-corrected chi connectivity index (χ3v) is 4.64. The van der Waals surface area contributed by atoms with Crippen LogP contribution in [0.25, 0.3) is 0 Å². The maximum absolute atomic E-state index is 9.26. The fraction of sp³-hybridized carbons (Fsp3) is 0.667. The van der Waals surface area contributed by atoms with Crippen molar-refractivity contribution in [3.63, 3.8) is 0 Å². The fourth-order valence-corrected chi connectivity index (χ4v) is 3.11. The monoisotopic (exact) mass is 439 g/mol. The summed E-state index contributed by atoms with van der Waals surface area (Å²) in [5, 5.41) is 18.0. The molecule has 2 rings (SSSR count). The highest BCUT2D eigenvalue weighted by Crippen LogP contribution is 2.31. The van der Waals surface area contributed by atoms with Crippen LogP contribution in [-0.2, 0) is 11.3 Å². The molecule has 0 bridgehead atoms. The molecule has 1 aliphatic heterocycles. The van der Waals surface area contributed by atoms with Gasteiger partial charge in [-0.3, -0.25) is 0 Å². The zero-order valence-corrected chi connectivity index (χ0v) is 16.2. The lowest BCUT2D eigenvalue weighted by Gasteiger charge is -2.27. The molecule has 7 heteroatoms. The Morgan fingerprint density at radius 3 is 2.95 bits per heavy atom. The Balaban J connectivity index is 0.00000242. The molecule has 5 nitrogen and oxygen atoms in total. The molecule has 1 fully saturated rings. The van der Waals surface area contributed by atoms with Gasteiger partial charge in [-0.1, -0.05) is 6.07 Å². The van der Waals surface area contributed by atoms with E-state index in [2.05, 4.69) is 34.0 Å². The first-order chi connectivity index (χ1) is 10.3. The first-order valence-electron chi connectivity index (χ1n) is 7.51. The summed E-state index contributed by atoms with van der Waals surface area (Å²) in [5.74, 6) is 0.829. The molecule has 0 saturated carbocycles. The van der Waals surface area contributed by atoms with Gasteiger partial charge in [0.05, 0.1) is 13.2 Å². The van der Waals surface area contributed by atoms with Crippen molar-refractivity contribution >= 4 is 41.3 Å². The van der Waals surface area contributed by atoms with E-state index >= 15 is 0 Å². The Labute approximate surface area is 153 Å². The van der Waals surface area contributed by atoms with E-state index in [-0.39, 0.29) is 36.0 Å². The lowest BCUT2D eigenvalue weighted by Crippen LogP contribution is -2.44. The lowest BCUT2D eigenvalue weighted by atomic mass is 9.84. The molecule has 1 unspecified atom stereocenters. The van der Waals surface area contributed by atoms with E-state index in [0.717, 1.165) is 38.5 Å². The maximum atomic E-state index is 9.26. The van der Waals surface area contributed by atoms with Crippen molar-refractivity contribution < 1.29 is 9.84 Å². The van der Waals surface area contributed by atoms with Crippen molar-refractivity contribution in [2.75, 3.05) is 32.9 Å². The van der Waals surface area contributed by atoms with Crippen molar-refractivity contribution in [2.24, 2.45) is 10.4 Å². The number of aliphatic hydroxyl groups is 1. The summed E-state index contributed by atoms with van der Waals surface area (Å²) in [6.45, 7) is 6.06. The Kier molecular flexibility index (Phi) is 9.30. The Morgan fingerprint density at radius 1 is 1.50 bits per heavy atom. The van der Waals surface area contributed by atoms with Crippen LogP contribution in [0.3, 0.4) is 0 Å². The van der Waals surface area contributed by atoms with Crippen LogP contribution >= 0.6 is 35.3 Å². The number of rotatable bonds is 7. The maximum Gasteiger partial charge on any atom is 0.191 e. The van der Waals surface area contributed by atoms with Crippen LogP contribution in [0.15, 0.2) is 22.5 Å². The van der Waals surface area contributed by atoms with E-state index in [4.69, 9.17) is 4.74 Å². The molecule has 22 heavy (non-hydrogen) atoms. The van der Waals surface area contributed by atoms with Crippen molar-refractivity contribution in [3.8, 4) is 0 Å². The number of aliphatic imine (C=N–C) groups is 1. The SMILES string of the molecule is CCNC(=NCc1cccs1)NCC1(CCO)CCOC1.I. The summed E-state index contributed by atoms with van der Waals surface area (Å²) >= 11 is 1.72. The third-order valence-electron chi connectivity index (χ3n) is 3.78. The number of halogens is 1. The predicted molar refractivity (Wildman–Crippen MR) is 102 cm³/mol. The molecular formula is C15H26IN3O2S. The fourth-order valence-electron chi connectivity index (χ4n) is 2.48. The van der Waals surface area contributed by atoms with Crippen molar-refractivity contribution in [1.82, 2.24) is 10.6 Å². The van der Waals surface area contributed by atoms with Crippen molar-refractivity contribution in [1.29, 1.82) is 0 Å². The Morgan fingerprint density at radius 2 is 2.36 bits per heavy atom. The molecule has 0 aromatic carbocycles. The topological polar surface area (TPSA) is 65.9 Å². The summed E-state index contributed by atoms with van der Waals surface area (Å²) < 4.78 is 5.51. The Bertz CT molecular complexity index is 434. The molecule has 1 aromatic heterocycles. The minimum Gasteiger partial charge on any atom is -0.396 e. The number of nitrogens with zero attached hydrogens (tertiary/aromatic N) is 1. The highest BCUT2D eigenvalue weighted by atomic mass is 127. The highest BCUT2D eigenvalue weighted by molar-refractivity contribution is 14.0. The standard InChI is InChI=1S/C15H25N3O2S.HI/c1-2-16-14(17-10-13-4-3-9-21-13)18-11-15(5-7-19)6-8-20-12-15;/h3-4,9,19H,2,5-8,10-12H2,1H3,(H2,16,17,18);1H. The minimum absolute atomic E-state index is 0. The number of hydrogen-bond donors (Lipinski definition) is 3. The first-order valence-corrected chi connectivity index (χ1v) is 8.39. The summed E-state index contributed by atoms with van der Waals surface area (Å²) in [4.78, 5) is 5.86. The highest BCUT2D eigenvalue weighted by Gasteiger charge is 2.34. The quantitative estimate of drug-likeness (QED) is 0.346. The molecule has 0 radical (unpaired) electrons. The second-order valence-electron chi connectivity index (χ2n) is 5.40. The van der Waals surface area contributed by atoms with E-state index in [1.807, 2.05) is 6.07 Å². The first kappa shape index (κ1) is 19.7. The number of guanidine groups is 1. The number of ether oxygens (including phenoxy) is 1. The molecule has 2 heterocycles. The molecule has 1 atom stereocenters. The summed E-state index contributed by atoms with van der Waals surface area (Å²) in [6.07, 6.45) is 1.76. The smallest absolute Gasteiger partial charge is 0.191 e. The van der Waals surface area contributed by atoms with Gasteiger partial charge in [-0.05, 0) is 31.2 Å². The second-order valence-corrected chi connectivity index (χ2v) is 6.44. The normalized spacial score (nSPS) is 21.5. The van der Waals surface area contributed by atoms with E-state index in [9.17, 15) is 5.11 Å². The molecule has 1 aliphatic rings. The van der Waals surface area contributed by atoms with Gasteiger partial charge in [0.2, 0.25) is 0 Å². The lowest BCUT2D eigenvalue weighted by molar-refractivity contribution is 0.127. The number of aliphatic hydroxyl groups excluding tert-OH is 1. The molecule has 0 amide bonds. The molecule has 1 saturated heterocycles. The molecule has 0 aliphatic carbocycles. The largest absolute Gasteiger partial charge is 0.396 e. The van der Waals surface area contributed by atoms with E-state index in [0.29, 0.717) is 13.2 Å². The van der Waals surface area contributed by atoms with Gasteiger partial charge >= 0.3 is 0 Å². The van der Waals surface area contributed by atoms with Crippen LogP contribution in [0.2, 0.25) is 0 Å². The number of nitrogens with one attached hydrogen (secondary N) is 2. The van der Waals surface area contributed by atoms with Gasteiger partial charge in [-0.15, -0.1) is 35.3 Å². The van der Waals surface area contributed by atoms with Gasteiger partial charge in [0.25, 0.3) is 0 Å². The van der Waals surface area contributed by atoms with Crippen LogP contribution < -0.4 is 10.6 Å². The van der Waals surface area contributed by atoms with Gasteiger partial charge < -0.3 is 20.5 Å². The predicted octanol–water partition coefficient (Wildman–Crippen LogP) is 2.21.